The summed E-state index contributed by atoms with van der Waals surface area (Å²) >= 11 is 0. The van der Waals surface area contributed by atoms with Crippen molar-refractivity contribution >= 4 is 11.8 Å². The standard InChI is InChI=1S/C18H26O3/c1-17(2,3)14(15(19)18(4,5)6)16(20)21-12-13-10-8-7-9-11-13/h7-11,14H,12H2,1-6H3. The van der Waals surface area contributed by atoms with E-state index in [1.54, 1.807) is 0 Å². The number of esters is 1. The predicted molar refractivity (Wildman–Crippen MR) is 83.6 cm³/mol. The number of carbonyl (C=O) groups is 2. The third-order valence-corrected chi connectivity index (χ3v) is 3.33. The largest absolute Gasteiger partial charge is 0.460 e. The van der Waals surface area contributed by atoms with Crippen LogP contribution in [-0.4, -0.2) is 11.8 Å². The number of hydrogen-bond donors (Lipinski definition) is 0. The average Bonchev–Trinajstić information content (AvgIpc) is 2.35. The molecular weight excluding hydrogens is 264 g/mol. The van der Waals surface area contributed by atoms with Crippen LogP contribution in [0.15, 0.2) is 30.3 Å². The molecule has 3 nitrogen and oxygen atoms in total. The van der Waals surface area contributed by atoms with Gasteiger partial charge in [-0.05, 0) is 11.0 Å². The highest BCUT2D eigenvalue weighted by atomic mass is 16.5. The molecule has 0 heterocycles. The maximum atomic E-state index is 12.6. The molecule has 0 aromatic heterocycles. The predicted octanol–water partition coefficient (Wildman–Crippen LogP) is 4.01. The zero-order chi connectivity index (χ0) is 16.3. The summed E-state index contributed by atoms with van der Waals surface area (Å²) in [6.45, 7) is 11.4. The molecule has 1 rings (SSSR count). The van der Waals surface area contributed by atoms with Crippen molar-refractivity contribution in [2.45, 2.75) is 48.1 Å². The van der Waals surface area contributed by atoms with Crippen molar-refractivity contribution in [2.24, 2.45) is 16.7 Å². The average molecular weight is 290 g/mol. The van der Waals surface area contributed by atoms with Crippen molar-refractivity contribution in [3.8, 4) is 0 Å². The van der Waals surface area contributed by atoms with Crippen molar-refractivity contribution < 1.29 is 14.3 Å². The fourth-order valence-electron chi connectivity index (χ4n) is 2.10. The molecule has 0 radical (unpaired) electrons. The number of carbonyl (C=O) groups excluding carboxylic acids is 2. The van der Waals surface area contributed by atoms with Crippen molar-refractivity contribution in [1.82, 2.24) is 0 Å². The summed E-state index contributed by atoms with van der Waals surface area (Å²) in [7, 11) is 0. The Labute approximate surface area is 127 Å². The molecule has 0 aliphatic rings. The van der Waals surface area contributed by atoms with Crippen molar-refractivity contribution in [2.75, 3.05) is 0 Å². The van der Waals surface area contributed by atoms with E-state index in [4.69, 9.17) is 4.74 Å². The summed E-state index contributed by atoms with van der Waals surface area (Å²) in [5, 5.41) is 0. The van der Waals surface area contributed by atoms with Gasteiger partial charge in [0.2, 0.25) is 0 Å². The van der Waals surface area contributed by atoms with Crippen molar-refractivity contribution in [1.29, 1.82) is 0 Å². The number of ketones is 1. The SMILES string of the molecule is CC(C)(C)C(=O)C(C(=O)OCc1ccccc1)C(C)(C)C. The summed E-state index contributed by atoms with van der Waals surface area (Å²) < 4.78 is 5.37. The van der Waals surface area contributed by atoms with Crippen LogP contribution in [0, 0.1) is 16.7 Å². The van der Waals surface area contributed by atoms with Crippen LogP contribution in [0.3, 0.4) is 0 Å². The minimum atomic E-state index is -0.749. The highest BCUT2D eigenvalue weighted by molar-refractivity contribution is 6.02. The Hall–Kier alpha value is -1.64. The van der Waals surface area contributed by atoms with Gasteiger partial charge in [0.1, 0.15) is 12.5 Å². The van der Waals surface area contributed by atoms with Crippen LogP contribution >= 0.6 is 0 Å². The fraction of sp³-hybridized carbons (Fsp3) is 0.556. The van der Waals surface area contributed by atoms with Crippen LogP contribution in [0.25, 0.3) is 0 Å². The normalized spacial score (nSPS) is 13.6. The van der Waals surface area contributed by atoms with Gasteiger partial charge >= 0.3 is 5.97 Å². The van der Waals surface area contributed by atoms with E-state index >= 15 is 0 Å². The second-order valence-corrected chi connectivity index (χ2v) is 7.51. The summed E-state index contributed by atoms with van der Waals surface area (Å²) in [5.74, 6) is -1.26. The molecule has 1 unspecified atom stereocenters. The van der Waals surface area contributed by atoms with Gasteiger partial charge < -0.3 is 4.74 Å². The lowest BCUT2D eigenvalue weighted by atomic mass is 9.71. The van der Waals surface area contributed by atoms with Crippen LogP contribution in [0.2, 0.25) is 0 Å². The van der Waals surface area contributed by atoms with E-state index in [0.29, 0.717) is 0 Å². The van der Waals surface area contributed by atoms with Gasteiger partial charge in [0.05, 0.1) is 0 Å². The van der Waals surface area contributed by atoms with E-state index in [0.717, 1.165) is 5.56 Å². The Morgan fingerprint density at radius 3 is 1.95 bits per heavy atom. The molecule has 21 heavy (non-hydrogen) atoms. The quantitative estimate of drug-likeness (QED) is 0.621. The lowest BCUT2D eigenvalue weighted by molar-refractivity contribution is -0.160. The fourth-order valence-corrected chi connectivity index (χ4v) is 2.10. The molecule has 3 heteroatoms. The van der Waals surface area contributed by atoms with Crippen LogP contribution in [0.1, 0.15) is 47.1 Å². The third kappa shape index (κ3) is 5.00. The zero-order valence-corrected chi connectivity index (χ0v) is 13.9. The molecule has 1 atom stereocenters. The molecule has 0 bridgehead atoms. The van der Waals surface area contributed by atoms with Crippen LogP contribution in [0.4, 0.5) is 0 Å². The number of ether oxygens (including phenoxy) is 1. The highest BCUT2D eigenvalue weighted by Crippen LogP contribution is 2.34. The molecule has 1 aromatic carbocycles. The van der Waals surface area contributed by atoms with Crippen LogP contribution < -0.4 is 0 Å². The molecule has 0 spiro atoms. The smallest absolute Gasteiger partial charge is 0.317 e. The molecule has 0 fully saturated rings. The van der Waals surface area contributed by atoms with Crippen LogP contribution in [0.5, 0.6) is 0 Å². The minimum absolute atomic E-state index is 0.0759. The van der Waals surface area contributed by atoms with Gasteiger partial charge in [-0.15, -0.1) is 0 Å². The van der Waals surface area contributed by atoms with E-state index in [9.17, 15) is 9.59 Å². The number of hydrogen-bond acceptors (Lipinski definition) is 3. The first-order chi connectivity index (χ1) is 9.53. The molecule has 0 saturated heterocycles. The maximum absolute atomic E-state index is 12.6. The van der Waals surface area contributed by atoms with Gasteiger partial charge in [0.25, 0.3) is 0 Å². The Kier molecular flexibility index (Phi) is 5.32. The van der Waals surface area contributed by atoms with Gasteiger partial charge in [-0.25, -0.2) is 0 Å². The van der Waals surface area contributed by atoms with Crippen molar-refractivity contribution in [3.63, 3.8) is 0 Å². The lowest BCUT2D eigenvalue weighted by Gasteiger charge is -2.32. The molecule has 1 aromatic rings. The van der Waals surface area contributed by atoms with Gasteiger partial charge in [-0.3, -0.25) is 9.59 Å². The monoisotopic (exact) mass is 290 g/mol. The highest BCUT2D eigenvalue weighted by Gasteiger charge is 2.43. The topological polar surface area (TPSA) is 43.4 Å². The first kappa shape index (κ1) is 17.4. The van der Waals surface area contributed by atoms with Gasteiger partial charge in [0, 0.05) is 5.41 Å². The van der Waals surface area contributed by atoms with E-state index in [2.05, 4.69) is 0 Å². The lowest BCUT2D eigenvalue weighted by Crippen LogP contribution is -2.42. The molecule has 0 aliphatic heterocycles. The zero-order valence-electron chi connectivity index (χ0n) is 13.9. The summed E-state index contributed by atoms with van der Waals surface area (Å²) in [5.41, 5.74) is -0.108. The Bertz CT molecular complexity index is 489. The third-order valence-electron chi connectivity index (χ3n) is 3.33. The minimum Gasteiger partial charge on any atom is -0.460 e. The van der Waals surface area contributed by atoms with E-state index < -0.39 is 22.7 Å². The number of Topliss-reactive ketones (excluding diaryl/α,β-unsaturated/α-hetero) is 1. The summed E-state index contributed by atoms with van der Waals surface area (Å²) in [6, 6.07) is 9.48. The van der Waals surface area contributed by atoms with Gasteiger partial charge in [-0.2, -0.15) is 0 Å². The molecule has 0 aliphatic carbocycles. The van der Waals surface area contributed by atoms with Gasteiger partial charge in [-0.1, -0.05) is 71.9 Å². The van der Waals surface area contributed by atoms with Crippen LogP contribution in [-0.2, 0) is 20.9 Å². The Morgan fingerprint density at radius 1 is 1.00 bits per heavy atom. The molecular formula is C18H26O3. The molecule has 0 saturated carbocycles. The second kappa shape index (κ2) is 6.42. The summed E-state index contributed by atoms with van der Waals surface area (Å²) in [6.07, 6.45) is 0. The first-order valence-corrected chi connectivity index (χ1v) is 7.28. The van der Waals surface area contributed by atoms with Gasteiger partial charge in [0.15, 0.2) is 5.78 Å². The summed E-state index contributed by atoms with van der Waals surface area (Å²) in [4.78, 5) is 25.0. The number of benzene rings is 1. The van der Waals surface area contributed by atoms with E-state index in [-0.39, 0.29) is 12.4 Å². The molecule has 116 valence electrons. The maximum Gasteiger partial charge on any atom is 0.317 e. The van der Waals surface area contributed by atoms with E-state index in [1.807, 2.05) is 71.9 Å². The Balaban J connectivity index is 2.85. The number of rotatable bonds is 4. The van der Waals surface area contributed by atoms with E-state index in [1.165, 1.54) is 0 Å². The molecule has 0 N–H and O–H groups in total. The second-order valence-electron chi connectivity index (χ2n) is 7.51. The van der Waals surface area contributed by atoms with Crippen molar-refractivity contribution in [3.05, 3.63) is 35.9 Å². The Morgan fingerprint density at radius 2 is 1.52 bits per heavy atom. The molecule has 0 amide bonds. The first-order valence-electron chi connectivity index (χ1n) is 7.28.